The first-order valence-corrected chi connectivity index (χ1v) is 6.73. The van der Waals surface area contributed by atoms with E-state index in [0.29, 0.717) is 16.8 Å². The molecule has 1 rings (SSSR count). The van der Waals surface area contributed by atoms with E-state index < -0.39 is 17.2 Å². The molecule has 18 heavy (non-hydrogen) atoms. The zero-order chi connectivity index (χ0) is 13.9. The van der Waals surface area contributed by atoms with E-state index in [1.165, 1.54) is 18.2 Å². The van der Waals surface area contributed by atoms with Gasteiger partial charge >= 0.3 is 12.3 Å². The SMILES string of the molecule is CCOc1ccc(C(Br)C(F)(F)C(F)F)cc1Br. The molecule has 7 heteroatoms. The van der Waals surface area contributed by atoms with Crippen LogP contribution in [0.15, 0.2) is 22.7 Å². The molecule has 0 radical (unpaired) electrons. The van der Waals surface area contributed by atoms with Crippen molar-refractivity contribution in [3.63, 3.8) is 0 Å². The van der Waals surface area contributed by atoms with E-state index in [1.807, 2.05) is 0 Å². The van der Waals surface area contributed by atoms with E-state index in [2.05, 4.69) is 31.9 Å². The van der Waals surface area contributed by atoms with E-state index in [0.717, 1.165) is 0 Å². The smallest absolute Gasteiger partial charge is 0.323 e. The molecule has 0 aliphatic heterocycles. The third kappa shape index (κ3) is 3.38. The second-order valence-corrected chi connectivity index (χ2v) is 5.23. The lowest BCUT2D eigenvalue weighted by atomic mass is 10.1. The van der Waals surface area contributed by atoms with Gasteiger partial charge in [-0.05, 0) is 40.5 Å². The summed E-state index contributed by atoms with van der Waals surface area (Å²) in [5.74, 6) is -3.66. The molecular weight excluding hydrogens is 384 g/mol. The van der Waals surface area contributed by atoms with E-state index in [-0.39, 0.29) is 5.56 Å². The normalized spacial score (nSPS) is 13.8. The molecule has 1 unspecified atom stereocenters. The van der Waals surface area contributed by atoms with Crippen molar-refractivity contribution in [1.82, 2.24) is 0 Å². The molecule has 0 fully saturated rings. The Hall–Kier alpha value is -0.300. The van der Waals surface area contributed by atoms with Crippen LogP contribution in [0.2, 0.25) is 0 Å². The van der Waals surface area contributed by atoms with Crippen molar-refractivity contribution in [3.05, 3.63) is 28.2 Å². The average Bonchev–Trinajstić information content (AvgIpc) is 2.30. The molecule has 0 N–H and O–H groups in total. The van der Waals surface area contributed by atoms with Crippen molar-refractivity contribution in [2.75, 3.05) is 6.61 Å². The topological polar surface area (TPSA) is 9.23 Å². The minimum atomic E-state index is -4.13. The van der Waals surface area contributed by atoms with Crippen LogP contribution in [0.1, 0.15) is 17.3 Å². The number of ether oxygens (including phenoxy) is 1. The van der Waals surface area contributed by atoms with E-state index in [9.17, 15) is 17.6 Å². The summed E-state index contributed by atoms with van der Waals surface area (Å²) in [7, 11) is 0. The number of halogens is 6. The first kappa shape index (κ1) is 15.8. The van der Waals surface area contributed by atoms with Crippen molar-refractivity contribution < 1.29 is 22.3 Å². The Bertz CT molecular complexity index is 412. The molecule has 102 valence electrons. The van der Waals surface area contributed by atoms with Crippen LogP contribution in [0.3, 0.4) is 0 Å². The van der Waals surface area contributed by atoms with Gasteiger partial charge in [0.1, 0.15) is 10.6 Å². The maximum absolute atomic E-state index is 13.2. The van der Waals surface area contributed by atoms with Crippen molar-refractivity contribution in [1.29, 1.82) is 0 Å². The summed E-state index contributed by atoms with van der Waals surface area (Å²) in [6, 6.07) is 4.12. The molecule has 0 amide bonds. The molecule has 0 spiro atoms. The summed E-state index contributed by atoms with van der Waals surface area (Å²) in [4.78, 5) is -1.75. The highest BCUT2D eigenvalue weighted by Gasteiger charge is 2.48. The van der Waals surface area contributed by atoms with Crippen molar-refractivity contribution in [2.24, 2.45) is 0 Å². The summed E-state index contributed by atoms with van der Waals surface area (Å²) < 4.78 is 56.4. The number of hydrogen-bond acceptors (Lipinski definition) is 1. The van der Waals surface area contributed by atoms with Gasteiger partial charge in [0, 0.05) is 0 Å². The van der Waals surface area contributed by atoms with Crippen LogP contribution in [-0.4, -0.2) is 19.0 Å². The molecule has 0 heterocycles. The van der Waals surface area contributed by atoms with Gasteiger partial charge in [-0.15, -0.1) is 0 Å². The highest BCUT2D eigenvalue weighted by Crippen LogP contribution is 2.44. The Morgan fingerprint density at radius 2 is 1.94 bits per heavy atom. The van der Waals surface area contributed by atoms with Gasteiger partial charge in [-0.1, -0.05) is 22.0 Å². The molecule has 0 aliphatic carbocycles. The zero-order valence-electron chi connectivity index (χ0n) is 9.27. The minimum Gasteiger partial charge on any atom is -0.493 e. The number of rotatable bonds is 5. The summed E-state index contributed by atoms with van der Waals surface area (Å²) >= 11 is 5.76. The second-order valence-electron chi connectivity index (χ2n) is 3.46. The molecular formula is C11H10Br2F4O. The van der Waals surface area contributed by atoms with Gasteiger partial charge < -0.3 is 4.74 Å². The Balaban J connectivity index is 3.01. The van der Waals surface area contributed by atoms with Crippen LogP contribution in [0.5, 0.6) is 5.75 Å². The zero-order valence-corrected chi connectivity index (χ0v) is 12.4. The van der Waals surface area contributed by atoms with Crippen LogP contribution in [0, 0.1) is 0 Å². The van der Waals surface area contributed by atoms with Crippen LogP contribution in [0.25, 0.3) is 0 Å². The number of hydrogen-bond donors (Lipinski definition) is 0. The Morgan fingerprint density at radius 1 is 1.33 bits per heavy atom. The molecule has 0 bridgehead atoms. The van der Waals surface area contributed by atoms with Crippen LogP contribution < -0.4 is 4.74 Å². The van der Waals surface area contributed by atoms with Gasteiger partial charge in [0.05, 0.1) is 11.1 Å². The number of alkyl halides is 5. The molecule has 1 aromatic carbocycles. The van der Waals surface area contributed by atoms with Crippen LogP contribution >= 0.6 is 31.9 Å². The van der Waals surface area contributed by atoms with Crippen LogP contribution in [-0.2, 0) is 0 Å². The Morgan fingerprint density at radius 3 is 2.39 bits per heavy atom. The van der Waals surface area contributed by atoms with Gasteiger partial charge in [0.25, 0.3) is 0 Å². The maximum atomic E-state index is 13.2. The third-order valence-electron chi connectivity index (χ3n) is 2.18. The van der Waals surface area contributed by atoms with Crippen molar-refractivity contribution in [3.8, 4) is 5.75 Å². The molecule has 0 saturated heterocycles. The molecule has 0 aliphatic rings. The van der Waals surface area contributed by atoms with E-state index >= 15 is 0 Å². The predicted molar refractivity (Wildman–Crippen MR) is 67.9 cm³/mol. The molecule has 1 atom stereocenters. The Kier molecular flexibility index (Phi) is 5.46. The lowest BCUT2D eigenvalue weighted by molar-refractivity contribution is -0.127. The fourth-order valence-electron chi connectivity index (χ4n) is 1.28. The van der Waals surface area contributed by atoms with Crippen molar-refractivity contribution in [2.45, 2.75) is 24.1 Å². The first-order chi connectivity index (χ1) is 8.30. The summed E-state index contributed by atoms with van der Waals surface area (Å²) in [5, 5.41) is 0. The predicted octanol–water partition coefficient (Wildman–Crippen LogP) is 5.18. The summed E-state index contributed by atoms with van der Waals surface area (Å²) in [6.45, 7) is 2.20. The second kappa shape index (κ2) is 6.23. The summed E-state index contributed by atoms with van der Waals surface area (Å²) in [6.07, 6.45) is -3.73. The number of benzene rings is 1. The summed E-state index contributed by atoms with van der Waals surface area (Å²) in [5.41, 5.74) is 0.0515. The van der Waals surface area contributed by atoms with Gasteiger partial charge in [-0.3, -0.25) is 0 Å². The van der Waals surface area contributed by atoms with Gasteiger partial charge in [0.15, 0.2) is 0 Å². The molecule has 1 aromatic rings. The van der Waals surface area contributed by atoms with E-state index in [1.54, 1.807) is 6.92 Å². The van der Waals surface area contributed by atoms with E-state index in [4.69, 9.17) is 4.74 Å². The third-order valence-corrected chi connectivity index (χ3v) is 3.94. The van der Waals surface area contributed by atoms with Gasteiger partial charge in [-0.25, -0.2) is 8.78 Å². The maximum Gasteiger partial charge on any atom is 0.323 e. The highest BCUT2D eigenvalue weighted by atomic mass is 79.9. The fraction of sp³-hybridized carbons (Fsp3) is 0.455. The van der Waals surface area contributed by atoms with Crippen LogP contribution in [0.4, 0.5) is 17.6 Å². The molecule has 1 nitrogen and oxygen atoms in total. The highest BCUT2D eigenvalue weighted by molar-refractivity contribution is 9.10. The lowest BCUT2D eigenvalue weighted by Crippen LogP contribution is -2.31. The Labute approximate surface area is 119 Å². The first-order valence-electron chi connectivity index (χ1n) is 5.03. The minimum absolute atomic E-state index is 0.0515. The largest absolute Gasteiger partial charge is 0.493 e. The molecule has 0 saturated carbocycles. The average molecular weight is 394 g/mol. The standard InChI is InChI=1S/C11H10Br2F4O/c1-2-18-8-4-3-6(5-7(8)12)9(13)11(16,17)10(14)15/h3-5,9-10H,2H2,1H3. The van der Waals surface area contributed by atoms with Gasteiger partial charge in [-0.2, -0.15) is 8.78 Å². The van der Waals surface area contributed by atoms with Crippen molar-refractivity contribution >= 4 is 31.9 Å². The fourth-order valence-corrected chi connectivity index (χ4v) is 2.28. The monoisotopic (exact) mass is 392 g/mol. The molecule has 0 aromatic heterocycles. The van der Waals surface area contributed by atoms with Gasteiger partial charge in [0.2, 0.25) is 0 Å². The lowest BCUT2D eigenvalue weighted by Gasteiger charge is -2.22. The quantitative estimate of drug-likeness (QED) is 0.494.